The number of ether oxygens (including phenoxy) is 1. The van der Waals surface area contributed by atoms with E-state index in [1.54, 1.807) is 18.2 Å². The number of rotatable bonds is 3. The van der Waals surface area contributed by atoms with Crippen LogP contribution in [0.3, 0.4) is 0 Å². The lowest BCUT2D eigenvalue weighted by Crippen LogP contribution is -2.39. The monoisotopic (exact) mass is 475 g/mol. The molecule has 0 fully saturated rings. The average Bonchev–Trinajstić information content (AvgIpc) is 2.75. The highest BCUT2D eigenvalue weighted by molar-refractivity contribution is 6.40. The summed E-state index contributed by atoms with van der Waals surface area (Å²) < 4.78 is 5.72. The van der Waals surface area contributed by atoms with Crippen molar-refractivity contribution in [2.45, 2.75) is 13.0 Å². The van der Waals surface area contributed by atoms with Crippen molar-refractivity contribution in [1.82, 2.24) is 15.3 Å². The molecule has 5 rings (SSSR count). The van der Waals surface area contributed by atoms with Crippen LogP contribution in [0.15, 0.2) is 36.5 Å². The van der Waals surface area contributed by atoms with Gasteiger partial charge in [-0.3, -0.25) is 9.69 Å². The molecule has 2 aliphatic rings. The summed E-state index contributed by atoms with van der Waals surface area (Å²) in [5.74, 6) is 0.147. The number of carbonyl (C=O) groups is 1. The van der Waals surface area contributed by atoms with E-state index in [9.17, 15) is 4.79 Å². The van der Waals surface area contributed by atoms with Gasteiger partial charge in [0.2, 0.25) is 11.8 Å². The van der Waals surface area contributed by atoms with Crippen LogP contribution in [0.1, 0.15) is 21.5 Å². The molecule has 3 aromatic rings. The number of hydrogen-bond donors (Lipinski definition) is 2. The second kappa shape index (κ2) is 8.16. The number of benzene rings is 2. The smallest absolute Gasteiger partial charge is 0.268 e. The zero-order valence-electron chi connectivity index (χ0n) is 16.1. The second-order valence-corrected chi connectivity index (χ2v) is 8.36. The van der Waals surface area contributed by atoms with Crippen LogP contribution >= 0.6 is 34.8 Å². The van der Waals surface area contributed by atoms with Crippen LogP contribution in [0.25, 0.3) is 0 Å². The first-order valence-electron chi connectivity index (χ1n) is 9.56. The number of nitrogens with zero attached hydrogens (tertiary/aromatic N) is 3. The summed E-state index contributed by atoms with van der Waals surface area (Å²) in [6.45, 7) is 1.60. The lowest BCUT2D eigenvalue weighted by Gasteiger charge is -2.29. The third-order valence-electron chi connectivity index (χ3n) is 5.18. The van der Waals surface area contributed by atoms with Crippen LogP contribution in [0.2, 0.25) is 15.1 Å². The molecule has 0 spiro atoms. The zero-order valence-corrected chi connectivity index (χ0v) is 18.4. The van der Waals surface area contributed by atoms with Crippen LogP contribution in [-0.2, 0) is 13.0 Å². The Kier molecular flexibility index (Phi) is 5.35. The van der Waals surface area contributed by atoms with Crippen molar-refractivity contribution in [2.24, 2.45) is 0 Å². The Balaban J connectivity index is 1.41. The van der Waals surface area contributed by atoms with E-state index in [0.29, 0.717) is 26.7 Å². The maximum Gasteiger partial charge on any atom is 0.268 e. The molecule has 0 saturated heterocycles. The van der Waals surface area contributed by atoms with Crippen molar-refractivity contribution in [3.8, 4) is 5.88 Å². The lowest BCUT2D eigenvalue weighted by molar-refractivity contribution is 0.0932. The van der Waals surface area contributed by atoms with Crippen molar-refractivity contribution in [2.75, 3.05) is 23.5 Å². The molecule has 0 aliphatic carbocycles. The van der Waals surface area contributed by atoms with Gasteiger partial charge in [-0.1, -0.05) is 40.9 Å². The quantitative estimate of drug-likeness (QED) is 0.564. The van der Waals surface area contributed by atoms with Gasteiger partial charge in [0.15, 0.2) is 6.73 Å². The molecule has 7 nitrogen and oxygen atoms in total. The molecular formula is C21H16Cl3N5O2. The molecule has 0 atom stereocenters. The highest BCUT2D eigenvalue weighted by atomic mass is 35.5. The number of aromatic nitrogens is 2. The minimum atomic E-state index is -0.342. The Hall–Kier alpha value is -2.58. The highest BCUT2D eigenvalue weighted by Gasteiger charge is 2.31. The average molecular weight is 477 g/mol. The zero-order chi connectivity index (χ0) is 21.5. The van der Waals surface area contributed by atoms with Gasteiger partial charge in [-0.15, -0.1) is 0 Å². The van der Waals surface area contributed by atoms with Gasteiger partial charge in [0.25, 0.3) is 5.91 Å². The predicted molar refractivity (Wildman–Crippen MR) is 121 cm³/mol. The minimum absolute atomic E-state index is 0.0674. The van der Waals surface area contributed by atoms with Crippen molar-refractivity contribution < 1.29 is 9.53 Å². The molecule has 1 aromatic heterocycles. The minimum Gasteiger partial charge on any atom is -0.455 e. The standard InChI is InChI=1S/C21H16Cl3N5O2/c22-15-2-1-3-16(23)18(15)29-10-31-19-14(20(29)30)9-26-21(28-19)27-12-6-11-8-25-5-4-13(11)17(24)7-12/h1-3,6-7,9,25H,4-5,8,10H2,(H,26,27,28). The first-order valence-corrected chi connectivity index (χ1v) is 10.7. The molecule has 0 bridgehead atoms. The van der Waals surface area contributed by atoms with E-state index in [4.69, 9.17) is 39.5 Å². The van der Waals surface area contributed by atoms with Gasteiger partial charge in [-0.25, -0.2) is 4.98 Å². The molecule has 0 saturated carbocycles. The highest BCUT2D eigenvalue weighted by Crippen LogP contribution is 2.37. The first kappa shape index (κ1) is 20.3. The summed E-state index contributed by atoms with van der Waals surface area (Å²) >= 11 is 18.9. The molecule has 2 aliphatic heterocycles. The third-order valence-corrected chi connectivity index (χ3v) is 6.13. The fourth-order valence-electron chi connectivity index (χ4n) is 3.69. The van der Waals surface area contributed by atoms with Crippen molar-refractivity contribution in [3.63, 3.8) is 0 Å². The van der Waals surface area contributed by atoms with Crippen LogP contribution in [0.5, 0.6) is 5.88 Å². The largest absolute Gasteiger partial charge is 0.455 e. The van der Waals surface area contributed by atoms with E-state index in [2.05, 4.69) is 20.6 Å². The Morgan fingerprint density at radius 2 is 1.94 bits per heavy atom. The number of carbonyl (C=O) groups excluding carboxylic acids is 1. The summed E-state index contributed by atoms with van der Waals surface area (Å²) in [5, 5.41) is 7.88. The number of halogens is 3. The van der Waals surface area contributed by atoms with Crippen LogP contribution in [0, 0.1) is 0 Å². The summed E-state index contributed by atoms with van der Waals surface area (Å²) in [7, 11) is 0. The van der Waals surface area contributed by atoms with E-state index in [1.165, 1.54) is 11.1 Å². The van der Waals surface area contributed by atoms with E-state index >= 15 is 0 Å². The third kappa shape index (κ3) is 3.78. The fraction of sp³-hybridized carbons (Fsp3) is 0.190. The Morgan fingerprint density at radius 3 is 2.74 bits per heavy atom. The van der Waals surface area contributed by atoms with Crippen LogP contribution < -0.4 is 20.3 Å². The van der Waals surface area contributed by atoms with Gasteiger partial charge in [0, 0.05) is 23.5 Å². The molecule has 2 aromatic carbocycles. The first-order chi connectivity index (χ1) is 15.0. The summed E-state index contributed by atoms with van der Waals surface area (Å²) in [5.41, 5.74) is 3.67. The van der Waals surface area contributed by atoms with Gasteiger partial charge in [-0.05, 0) is 48.4 Å². The van der Waals surface area contributed by atoms with Gasteiger partial charge in [0.05, 0.1) is 15.7 Å². The lowest BCUT2D eigenvalue weighted by atomic mass is 10.0. The second-order valence-electron chi connectivity index (χ2n) is 7.14. The summed E-state index contributed by atoms with van der Waals surface area (Å²) in [4.78, 5) is 23.0. The number of anilines is 3. The molecule has 31 heavy (non-hydrogen) atoms. The number of fused-ring (bicyclic) bond motifs is 2. The predicted octanol–water partition coefficient (Wildman–Crippen LogP) is 4.82. The van der Waals surface area contributed by atoms with E-state index in [1.807, 2.05) is 12.1 Å². The number of para-hydroxylation sites is 1. The number of amides is 1. The van der Waals surface area contributed by atoms with Gasteiger partial charge in [-0.2, -0.15) is 4.98 Å². The van der Waals surface area contributed by atoms with Crippen molar-refractivity contribution >= 4 is 58.0 Å². The maximum absolute atomic E-state index is 13.0. The molecule has 10 heteroatoms. The molecule has 3 heterocycles. The normalized spacial score (nSPS) is 15.2. The van der Waals surface area contributed by atoms with Crippen LogP contribution in [-0.4, -0.2) is 29.2 Å². The van der Waals surface area contributed by atoms with Gasteiger partial charge < -0.3 is 15.4 Å². The summed E-state index contributed by atoms with van der Waals surface area (Å²) in [6, 6.07) is 8.90. The molecule has 0 unspecified atom stereocenters. The fourth-order valence-corrected chi connectivity index (χ4v) is 4.63. The topological polar surface area (TPSA) is 79.4 Å². The molecule has 2 N–H and O–H groups in total. The Labute approximate surface area is 193 Å². The molecule has 1 amide bonds. The van der Waals surface area contributed by atoms with E-state index in [0.717, 1.165) is 36.3 Å². The number of nitrogens with one attached hydrogen (secondary N) is 2. The van der Waals surface area contributed by atoms with Crippen molar-refractivity contribution in [1.29, 1.82) is 0 Å². The Bertz CT molecular complexity index is 1180. The van der Waals surface area contributed by atoms with Crippen molar-refractivity contribution in [3.05, 3.63) is 68.3 Å². The SMILES string of the molecule is O=C1c2cnc(Nc3cc(Cl)c4c(c3)CNCC4)nc2OCN1c1c(Cl)cccc1Cl. The number of hydrogen-bond acceptors (Lipinski definition) is 6. The van der Waals surface area contributed by atoms with Gasteiger partial charge in [0.1, 0.15) is 5.56 Å². The molecule has 158 valence electrons. The Morgan fingerprint density at radius 1 is 1.13 bits per heavy atom. The molecule has 0 radical (unpaired) electrons. The summed E-state index contributed by atoms with van der Waals surface area (Å²) in [6.07, 6.45) is 2.32. The van der Waals surface area contributed by atoms with Gasteiger partial charge >= 0.3 is 0 Å². The van der Waals surface area contributed by atoms with Crippen LogP contribution in [0.4, 0.5) is 17.3 Å². The van der Waals surface area contributed by atoms with E-state index in [-0.39, 0.29) is 24.1 Å². The maximum atomic E-state index is 13.0. The van der Waals surface area contributed by atoms with E-state index < -0.39 is 0 Å². The molecular weight excluding hydrogens is 461 g/mol.